The minimum Gasteiger partial charge on any atom is -0.457 e. The monoisotopic (exact) mass is 375 g/mol. The highest BCUT2D eigenvalue weighted by Gasteiger charge is 2.13. The van der Waals surface area contributed by atoms with E-state index in [9.17, 15) is 0 Å². The molecule has 2 heterocycles. The molecule has 2 aromatic carbocycles. The van der Waals surface area contributed by atoms with Gasteiger partial charge in [0.25, 0.3) is 0 Å². The predicted octanol–water partition coefficient (Wildman–Crippen LogP) is 3.93. The molecular formula is C22H25N5O. The molecule has 6 heteroatoms. The van der Waals surface area contributed by atoms with Gasteiger partial charge in [0.15, 0.2) is 5.82 Å². The Morgan fingerprint density at radius 3 is 2.43 bits per heavy atom. The van der Waals surface area contributed by atoms with Crippen LogP contribution in [0, 0.1) is 5.92 Å². The number of nitrogens with two attached hydrogens (primary N) is 1. The molecular weight excluding hydrogens is 350 g/mol. The van der Waals surface area contributed by atoms with E-state index < -0.39 is 0 Å². The first-order chi connectivity index (χ1) is 13.8. The Morgan fingerprint density at radius 2 is 1.68 bits per heavy atom. The summed E-state index contributed by atoms with van der Waals surface area (Å²) in [5.41, 5.74) is 6.91. The number of anilines is 2. The number of piperidine rings is 1. The number of nitrogens with one attached hydrogen (secondary N) is 2. The molecule has 1 fully saturated rings. The predicted molar refractivity (Wildman–Crippen MR) is 112 cm³/mol. The minimum atomic E-state index is 0.461. The second kappa shape index (κ2) is 8.71. The Bertz CT molecular complexity index is 893. The lowest BCUT2D eigenvalue weighted by Gasteiger charge is -2.23. The molecule has 0 atom stereocenters. The van der Waals surface area contributed by atoms with Crippen LogP contribution in [0.1, 0.15) is 12.8 Å². The van der Waals surface area contributed by atoms with E-state index in [1.165, 1.54) is 12.8 Å². The number of hydrogen-bond acceptors (Lipinski definition) is 6. The first-order valence-corrected chi connectivity index (χ1v) is 9.69. The molecule has 4 rings (SSSR count). The number of rotatable bonds is 6. The Balaban J connectivity index is 1.45. The molecule has 0 radical (unpaired) electrons. The average Bonchev–Trinajstić information content (AvgIpc) is 2.74. The second-order valence-corrected chi connectivity index (χ2v) is 7.02. The maximum Gasteiger partial charge on any atom is 0.163 e. The highest BCUT2D eigenvalue weighted by atomic mass is 16.5. The van der Waals surface area contributed by atoms with Crippen LogP contribution in [0.25, 0.3) is 11.4 Å². The number of nitrogens with zero attached hydrogens (tertiary/aromatic N) is 2. The van der Waals surface area contributed by atoms with Gasteiger partial charge in [0.1, 0.15) is 23.1 Å². The van der Waals surface area contributed by atoms with Crippen LogP contribution < -0.4 is 21.1 Å². The zero-order valence-electron chi connectivity index (χ0n) is 15.8. The molecule has 6 nitrogen and oxygen atoms in total. The van der Waals surface area contributed by atoms with Crippen LogP contribution in [0.2, 0.25) is 0 Å². The van der Waals surface area contributed by atoms with Gasteiger partial charge in [0.2, 0.25) is 0 Å². The van der Waals surface area contributed by atoms with E-state index in [-0.39, 0.29) is 0 Å². The highest BCUT2D eigenvalue weighted by Crippen LogP contribution is 2.25. The molecule has 0 saturated carbocycles. The summed E-state index contributed by atoms with van der Waals surface area (Å²) in [6.45, 7) is 3.07. The van der Waals surface area contributed by atoms with Gasteiger partial charge in [-0.05, 0) is 68.2 Å². The van der Waals surface area contributed by atoms with Gasteiger partial charge in [-0.1, -0.05) is 18.2 Å². The van der Waals surface area contributed by atoms with Gasteiger partial charge in [-0.15, -0.1) is 0 Å². The number of hydrogen-bond donors (Lipinski definition) is 3. The molecule has 1 saturated heterocycles. The van der Waals surface area contributed by atoms with Gasteiger partial charge in [-0.25, -0.2) is 9.97 Å². The SMILES string of the molecule is Nc1cc(NCC2CCNCC2)nc(-c2ccc(Oc3ccccc3)cc2)n1. The Hall–Kier alpha value is -3.12. The molecule has 1 aliphatic rings. The molecule has 0 aliphatic carbocycles. The highest BCUT2D eigenvalue weighted by molar-refractivity contribution is 5.61. The zero-order chi connectivity index (χ0) is 19.2. The maximum absolute atomic E-state index is 6.01. The van der Waals surface area contributed by atoms with Crippen molar-refractivity contribution in [1.29, 1.82) is 0 Å². The number of para-hydroxylation sites is 1. The fourth-order valence-corrected chi connectivity index (χ4v) is 3.32. The molecule has 4 N–H and O–H groups in total. The van der Waals surface area contributed by atoms with Gasteiger partial charge in [0.05, 0.1) is 0 Å². The lowest BCUT2D eigenvalue weighted by atomic mass is 9.98. The van der Waals surface area contributed by atoms with Crippen molar-refractivity contribution in [2.24, 2.45) is 5.92 Å². The normalized spacial score (nSPS) is 14.6. The molecule has 0 spiro atoms. The Morgan fingerprint density at radius 1 is 0.964 bits per heavy atom. The quantitative estimate of drug-likeness (QED) is 0.605. The molecule has 3 aromatic rings. The molecule has 0 bridgehead atoms. The third kappa shape index (κ3) is 4.78. The van der Waals surface area contributed by atoms with E-state index >= 15 is 0 Å². The van der Waals surface area contributed by atoms with Gasteiger partial charge >= 0.3 is 0 Å². The summed E-state index contributed by atoms with van der Waals surface area (Å²) in [5.74, 6) is 4.07. The van der Waals surface area contributed by atoms with Gasteiger partial charge < -0.3 is 21.1 Å². The molecule has 1 aliphatic heterocycles. The van der Waals surface area contributed by atoms with Crippen molar-refractivity contribution in [3.63, 3.8) is 0 Å². The van der Waals surface area contributed by atoms with Crippen molar-refractivity contribution in [3.8, 4) is 22.9 Å². The molecule has 0 amide bonds. The van der Waals surface area contributed by atoms with Crippen molar-refractivity contribution in [3.05, 3.63) is 60.7 Å². The largest absolute Gasteiger partial charge is 0.457 e. The lowest BCUT2D eigenvalue weighted by molar-refractivity contribution is 0.389. The van der Waals surface area contributed by atoms with Gasteiger partial charge in [-0.3, -0.25) is 0 Å². The summed E-state index contributed by atoms with van der Waals surface area (Å²) in [6.07, 6.45) is 2.37. The van der Waals surface area contributed by atoms with Crippen LogP contribution in [0.15, 0.2) is 60.7 Å². The van der Waals surface area contributed by atoms with Crippen LogP contribution in [-0.4, -0.2) is 29.6 Å². The van der Waals surface area contributed by atoms with Crippen molar-refractivity contribution in [1.82, 2.24) is 15.3 Å². The van der Waals surface area contributed by atoms with Crippen LogP contribution in [0.4, 0.5) is 11.6 Å². The first-order valence-electron chi connectivity index (χ1n) is 9.69. The summed E-state index contributed by atoms with van der Waals surface area (Å²) < 4.78 is 5.84. The molecule has 0 unspecified atom stereocenters. The van der Waals surface area contributed by atoms with Crippen molar-refractivity contribution >= 4 is 11.6 Å². The molecule has 28 heavy (non-hydrogen) atoms. The lowest BCUT2D eigenvalue weighted by Crippen LogP contribution is -2.31. The van der Waals surface area contributed by atoms with Crippen LogP contribution in [0.3, 0.4) is 0 Å². The van der Waals surface area contributed by atoms with Crippen LogP contribution in [-0.2, 0) is 0 Å². The average molecular weight is 375 g/mol. The Kier molecular flexibility index (Phi) is 5.68. The zero-order valence-corrected chi connectivity index (χ0v) is 15.8. The third-order valence-electron chi connectivity index (χ3n) is 4.87. The molecule has 144 valence electrons. The number of benzene rings is 2. The van der Waals surface area contributed by atoms with Crippen molar-refractivity contribution in [2.45, 2.75) is 12.8 Å². The fraction of sp³-hybridized carbons (Fsp3) is 0.273. The van der Waals surface area contributed by atoms with Gasteiger partial charge in [-0.2, -0.15) is 0 Å². The van der Waals surface area contributed by atoms with E-state index in [1.807, 2.05) is 54.6 Å². The summed E-state index contributed by atoms with van der Waals surface area (Å²) in [4.78, 5) is 9.03. The van der Waals surface area contributed by atoms with Crippen LogP contribution in [0.5, 0.6) is 11.5 Å². The number of aromatic nitrogens is 2. The topological polar surface area (TPSA) is 85.1 Å². The fourth-order valence-electron chi connectivity index (χ4n) is 3.32. The second-order valence-electron chi connectivity index (χ2n) is 7.02. The summed E-state index contributed by atoms with van der Waals surface area (Å²) in [5, 5.41) is 6.81. The van der Waals surface area contributed by atoms with Crippen molar-refractivity contribution in [2.75, 3.05) is 30.7 Å². The van der Waals surface area contributed by atoms with E-state index in [1.54, 1.807) is 6.07 Å². The summed E-state index contributed by atoms with van der Waals surface area (Å²) >= 11 is 0. The van der Waals surface area contributed by atoms with E-state index in [4.69, 9.17) is 10.5 Å². The van der Waals surface area contributed by atoms with Gasteiger partial charge in [0, 0.05) is 18.2 Å². The maximum atomic E-state index is 6.01. The van der Waals surface area contributed by atoms with E-state index in [0.29, 0.717) is 17.6 Å². The smallest absolute Gasteiger partial charge is 0.163 e. The van der Waals surface area contributed by atoms with E-state index in [2.05, 4.69) is 20.6 Å². The summed E-state index contributed by atoms with van der Waals surface area (Å²) in [6, 6.07) is 19.2. The van der Waals surface area contributed by atoms with E-state index in [0.717, 1.165) is 42.5 Å². The Labute approximate surface area is 165 Å². The third-order valence-corrected chi connectivity index (χ3v) is 4.87. The van der Waals surface area contributed by atoms with Crippen LogP contribution >= 0.6 is 0 Å². The minimum absolute atomic E-state index is 0.461. The number of ether oxygens (including phenoxy) is 1. The summed E-state index contributed by atoms with van der Waals surface area (Å²) in [7, 11) is 0. The first kappa shape index (κ1) is 18.3. The number of nitrogen functional groups attached to an aromatic ring is 1. The van der Waals surface area contributed by atoms with Crippen molar-refractivity contribution < 1.29 is 4.74 Å². The standard InChI is InChI=1S/C22H25N5O/c23-20-14-21(25-15-16-10-12-24-13-11-16)27-22(26-20)17-6-8-19(9-7-17)28-18-4-2-1-3-5-18/h1-9,14,16,24H,10-13,15H2,(H3,23,25,26,27). The molecule has 1 aromatic heterocycles.